The van der Waals surface area contributed by atoms with Gasteiger partial charge in [0.1, 0.15) is 12.7 Å². The van der Waals surface area contributed by atoms with Crippen LogP contribution in [0.1, 0.15) is 155 Å². The highest BCUT2D eigenvalue weighted by molar-refractivity contribution is 9.09. The van der Waals surface area contributed by atoms with Gasteiger partial charge in [0.05, 0.1) is 5.41 Å². The summed E-state index contributed by atoms with van der Waals surface area (Å²) in [4.78, 5) is 25.0. The average molecular weight is 589 g/mol. The number of unbranched alkanes of at least 4 members (excludes halogenated alkanes) is 15. The molecule has 5 nitrogen and oxygen atoms in total. The number of ether oxygens (including phenoxy) is 2. The van der Waals surface area contributed by atoms with Crippen molar-refractivity contribution in [1.29, 1.82) is 0 Å². The van der Waals surface area contributed by atoms with Crippen LogP contribution in [0.4, 0.5) is 4.79 Å². The molecule has 0 radical (unpaired) electrons. The van der Waals surface area contributed by atoms with Gasteiger partial charge in [0.15, 0.2) is 0 Å². The van der Waals surface area contributed by atoms with Crippen LogP contribution in [0, 0.1) is 5.41 Å². The largest absolute Gasteiger partial charge is 0.462 e. The smallest absolute Gasteiger partial charge is 0.407 e. The third-order valence-corrected chi connectivity index (χ3v) is 8.31. The molecular formula is C31H58BrNO4. The van der Waals surface area contributed by atoms with E-state index in [1.54, 1.807) is 0 Å². The minimum Gasteiger partial charge on any atom is -0.462 e. The van der Waals surface area contributed by atoms with E-state index in [2.05, 4.69) is 28.2 Å². The molecule has 0 bridgehead atoms. The number of alkyl carbamates (subject to hydrolysis) is 1. The summed E-state index contributed by atoms with van der Waals surface area (Å²) in [6.07, 6.45) is 26.6. The van der Waals surface area contributed by atoms with Gasteiger partial charge < -0.3 is 14.8 Å². The molecule has 1 fully saturated rings. The van der Waals surface area contributed by atoms with Gasteiger partial charge in [-0.15, -0.1) is 0 Å². The molecule has 6 heteroatoms. The number of amides is 1. The van der Waals surface area contributed by atoms with E-state index in [9.17, 15) is 9.59 Å². The quantitative estimate of drug-likeness (QED) is 0.0693. The minimum absolute atomic E-state index is 0.0273. The number of halogens is 1. The molecule has 1 saturated carbocycles. The Morgan fingerprint density at radius 3 is 1.76 bits per heavy atom. The molecule has 1 unspecified atom stereocenters. The Bertz CT molecular complexity index is 567. The highest BCUT2D eigenvalue weighted by Crippen LogP contribution is 2.30. The van der Waals surface area contributed by atoms with Gasteiger partial charge in [0.25, 0.3) is 0 Å². The monoisotopic (exact) mass is 587 g/mol. The molecule has 1 amide bonds. The van der Waals surface area contributed by atoms with Crippen LogP contribution in [0.5, 0.6) is 0 Å². The average Bonchev–Trinajstić information content (AvgIpc) is 3.41. The Labute approximate surface area is 237 Å². The lowest BCUT2D eigenvalue weighted by molar-refractivity contribution is -0.163. The second-order valence-electron chi connectivity index (χ2n) is 11.5. The number of carbonyl (C=O) groups is 2. The molecule has 1 rings (SSSR count). The van der Waals surface area contributed by atoms with E-state index in [1.807, 2.05) is 6.92 Å². The summed E-state index contributed by atoms with van der Waals surface area (Å²) in [5.74, 6) is -0.231. The standard InChI is InChI=1S/C31H58BrNO4/c1-3-4-5-6-7-8-9-10-11-12-13-14-15-16-17-20-26-33-30(35)36-27-31(2,24-21-25-32)29(34)37-28-22-18-19-23-28/h28H,3-27H2,1-2H3,(H,33,35). The normalized spacial score (nSPS) is 15.4. The Balaban J connectivity index is 1.99. The SMILES string of the molecule is CCCCCCCCCCCCCCCCCCNC(=O)OCC(C)(CCCBr)C(=O)OC1CCCC1. The van der Waals surface area contributed by atoms with Crippen LogP contribution in [0.2, 0.25) is 0 Å². The second-order valence-corrected chi connectivity index (χ2v) is 12.3. The van der Waals surface area contributed by atoms with Crippen molar-refractivity contribution in [3.05, 3.63) is 0 Å². The number of hydrogen-bond acceptors (Lipinski definition) is 4. The van der Waals surface area contributed by atoms with E-state index in [4.69, 9.17) is 9.47 Å². The van der Waals surface area contributed by atoms with Crippen LogP contribution in [-0.2, 0) is 14.3 Å². The van der Waals surface area contributed by atoms with Crippen LogP contribution in [-0.4, -0.2) is 36.6 Å². The molecule has 0 aliphatic heterocycles. The molecule has 1 atom stereocenters. The van der Waals surface area contributed by atoms with Crippen molar-refractivity contribution in [2.45, 2.75) is 161 Å². The summed E-state index contributed by atoms with van der Waals surface area (Å²) < 4.78 is 11.2. The Morgan fingerprint density at radius 2 is 1.27 bits per heavy atom. The fraction of sp³-hybridized carbons (Fsp3) is 0.935. The van der Waals surface area contributed by atoms with Gasteiger partial charge in [-0.25, -0.2) is 4.79 Å². The summed E-state index contributed by atoms with van der Waals surface area (Å²) in [5, 5.41) is 3.66. The summed E-state index contributed by atoms with van der Waals surface area (Å²) >= 11 is 3.44. The fourth-order valence-electron chi connectivity index (χ4n) is 5.13. The zero-order valence-corrected chi connectivity index (χ0v) is 25.9. The zero-order valence-electron chi connectivity index (χ0n) is 24.3. The van der Waals surface area contributed by atoms with Crippen molar-refractivity contribution in [3.8, 4) is 0 Å². The molecule has 1 aliphatic rings. The van der Waals surface area contributed by atoms with Crippen molar-refractivity contribution in [2.24, 2.45) is 5.41 Å². The first-order valence-electron chi connectivity index (χ1n) is 15.7. The molecule has 37 heavy (non-hydrogen) atoms. The predicted molar refractivity (Wildman–Crippen MR) is 158 cm³/mol. The highest BCUT2D eigenvalue weighted by atomic mass is 79.9. The maximum absolute atomic E-state index is 12.8. The Hall–Kier alpha value is -0.780. The lowest BCUT2D eigenvalue weighted by atomic mass is 9.86. The molecule has 218 valence electrons. The number of esters is 1. The van der Waals surface area contributed by atoms with E-state index >= 15 is 0 Å². The first kappa shape index (κ1) is 34.2. The number of carbonyl (C=O) groups excluding carboxylic acids is 2. The Kier molecular flexibility index (Phi) is 21.4. The predicted octanol–water partition coefficient (Wildman–Crippen LogP) is 9.64. The Morgan fingerprint density at radius 1 is 0.784 bits per heavy atom. The van der Waals surface area contributed by atoms with Crippen LogP contribution >= 0.6 is 15.9 Å². The topological polar surface area (TPSA) is 64.6 Å². The number of hydrogen-bond donors (Lipinski definition) is 1. The van der Waals surface area contributed by atoms with Gasteiger partial charge in [0.2, 0.25) is 0 Å². The molecule has 0 aromatic heterocycles. The molecule has 0 saturated heterocycles. The summed E-state index contributed by atoms with van der Waals surface area (Å²) in [5.41, 5.74) is -0.790. The van der Waals surface area contributed by atoms with E-state index in [-0.39, 0.29) is 18.7 Å². The van der Waals surface area contributed by atoms with Gasteiger partial charge in [-0.1, -0.05) is 119 Å². The van der Waals surface area contributed by atoms with Gasteiger partial charge in [0, 0.05) is 11.9 Å². The molecule has 0 spiro atoms. The first-order valence-corrected chi connectivity index (χ1v) is 16.8. The summed E-state index contributed by atoms with van der Waals surface area (Å²) in [6.45, 7) is 4.83. The minimum atomic E-state index is -0.790. The van der Waals surface area contributed by atoms with Gasteiger partial charge >= 0.3 is 12.1 Å². The van der Waals surface area contributed by atoms with Crippen molar-refractivity contribution in [3.63, 3.8) is 0 Å². The van der Waals surface area contributed by atoms with Crippen LogP contribution in [0.15, 0.2) is 0 Å². The number of rotatable bonds is 24. The van der Waals surface area contributed by atoms with Crippen molar-refractivity contribution < 1.29 is 19.1 Å². The van der Waals surface area contributed by atoms with Crippen LogP contribution < -0.4 is 5.32 Å². The van der Waals surface area contributed by atoms with E-state index < -0.39 is 11.5 Å². The maximum Gasteiger partial charge on any atom is 0.407 e. The van der Waals surface area contributed by atoms with Crippen molar-refractivity contribution in [2.75, 3.05) is 18.5 Å². The number of nitrogens with one attached hydrogen (secondary N) is 1. The summed E-state index contributed by atoms with van der Waals surface area (Å²) in [6, 6.07) is 0. The molecule has 0 heterocycles. The third kappa shape index (κ3) is 18.2. The molecular weight excluding hydrogens is 530 g/mol. The lowest BCUT2D eigenvalue weighted by Gasteiger charge is -2.28. The van der Waals surface area contributed by atoms with Gasteiger partial charge in [-0.2, -0.15) is 0 Å². The zero-order chi connectivity index (χ0) is 27.0. The lowest BCUT2D eigenvalue weighted by Crippen LogP contribution is -2.39. The van der Waals surface area contributed by atoms with Crippen LogP contribution in [0.3, 0.4) is 0 Å². The number of alkyl halides is 1. The maximum atomic E-state index is 12.8. The molecule has 0 aromatic carbocycles. The van der Waals surface area contributed by atoms with E-state index in [1.165, 1.54) is 89.9 Å². The third-order valence-electron chi connectivity index (χ3n) is 7.75. The first-order chi connectivity index (χ1) is 18.0. The van der Waals surface area contributed by atoms with Crippen molar-refractivity contribution >= 4 is 28.0 Å². The van der Waals surface area contributed by atoms with Gasteiger partial charge in [-0.05, 0) is 51.9 Å². The molecule has 1 aliphatic carbocycles. The van der Waals surface area contributed by atoms with Crippen LogP contribution in [0.25, 0.3) is 0 Å². The fourth-order valence-corrected chi connectivity index (χ4v) is 5.41. The van der Waals surface area contributed by atoms with Gasteiger partial charge in [-0.3, -0.25) is 4.79 Å². The van der Waals surface area contributed by atoms with Crippen molar-refractivity contribution in [1.82, 2.24) is 5.32 Å². The van der Waals surface area contributed by atoms with E-state index in [0.29, 0.717) is 13.0 Å². The van der Waals surface area contributed by atoms with E-state index in [0.717, 1.165) is 50.3 Å². The second kappa shape index (κ2) is 23.1. The molecule has 1 N–H and O–H groups in total. The summed E-state index contributed by atoms with van der Waals surface area (Å²) in [7, 11) is 0. The molecule has 0 aromatic rings. The highest BCUT2D eigenvalue weighted by Gasteiger charge is 2.38.